The number of hydrogen-bond donors (Lipinski definition) is 1. The summed E-state index contributed by atoms with van der Waals surface area (Å²) >= 11 is 0. The van der Waals surface area contributed by atoms with Crippen molar-refractivity contribution in [3.63, 3.8) is 0 Å². The van der Waals surface area contributed by atoms with Crippen molar-refractivity contribution in [2.75, 3.05) is 26.2 Å². The average molecular weight is 226 g/mol. The molecule has 92 valence electrons. The number of hydrogen-bond acceptors (Lipinski definition) is 2. The fourth-order valence-electron chi connectivity index (χ4n) is 1.43. The molecule has 0 bridgehead atoms. The molecule has 0 fully saturated rings. The summed E-state index contributed by atoms with van der Waals surface area (Å²) in [6.45, 7) is 6.72. The van der Waals surface area contributed by atoms with Crippen LogP contribution in [0.15, 0.2) is 0 Å². The van der Waals surface area contributed by atoms with Gasteiger partial charge in [0.2, 0.25) is 0 Å². The summed E-state index contributed by atoms with van der Waals surface area (Å²) in [5.41, 5.74) is 0. The molecule has 1 atom stereocenters. The lowest BCUT2D eigenvalue weighted by molar-refractivity contribution is -0.145. The molecule has 2 nitrogen and oxygen atoms in total. The van der Waals surface area contributed by atoms with E-state index >= 15 is 0 Å². The Balaban J connectivity index is 3.80. The van der Waals surface area contributed by atoms with Gasteiger partial charge in [-0.2, -0.15) is 13.2 Å². The van der Waals surface area contributed by atoms with Crippen molar-refractivity contribution in [2.24, 2.45) is 0 Å². The second-order valence-corrected chi connectivity index (χ2v) is 3.73. The summed E-state index contributed by atoms with van der Waals surface area (Å²) in [7, 11) is 0. The van der Waals surface area contributed by atoms with Gasteiger partial charge in [-0.05, 0) is 33.0 Å². The molecule has 0 saturated heterocycles. The molecule has 0 saturated carbocycles. The second-order valence-electron chi connectivity index (χ2n) is 3.73. The van der Waals surface area contributed by atoms with Crippen molar-refractivity contribution in [3.8, 4) is 0 Å². The minimum Gasteiger partial charge on any atom is -0.314 e. The molecule has 0 spiro atoms. The molecule has 0 aliphatic heterocycles. The summed E-state index contributed by atoms with van der Waals surface area (Å²) in [6, 6.07) is 0.275. The fourth-order valence-corrected chi connectivity index (χ4v) is 1.43. The zero-order valence-electron chi connectivity index (χ0n) is 9.69. The van der Waals surface area contributed by atoms with Gasteiger partial charge in [0, 0.05) is 6.04 Å². The number of alkyl halides is 3. The largest absolute Gasteiger partial charge is 0.401 e. The predicted molar refractivity (Wildman–Crippen MR) is 55.9 cm³/mol. The molecule has 0 aliphatic rings. The molecule has 0 aliphatic carbocycles. The van der Waals surface area contributed by atoms with Gasteiger partial charge in [0.25, 0.3) is 0 Å². The molecule has 15 heavy (non-hydrogen) atoms. The Morgan fingerprint density at radius 1 is 1.27 bits per heavy atom. The highest BCUT2D eigenvalue weighted by Gasteiger charge is 2.29. The lowest BCUT2D eigenvalue weighted by Crippen LogP contribution is -2.37. The van der Waals surface area contributed by atoms with E-state index in [9.17, 15) is 13.2 Å². The summed E-state index contributed by atoms with van der Waals surface area (Å²) in [5, 5.41) is 3.18. The molecular weight excluding hydrogens is 205 g/mol. The van der Waals surface area contributed by atoms with Gasteiger partial charge in [-0.3, -0.25) is 4.90 Å². The highest BCUT2D eigenvalue weighted by Crippen LogP contribution is 2.16. The first-order valence-corrected chi connectivity index (χ1v) is 5.41. The van der Waals surface area contributed by atoms with Crippen molar-refractivity contribution in [1.82, 2.24) is 10.2 Å². The number of nitrogens with one attached hydrogen (secondary N) is 1. The van der Waals surface area contributed by atoms with Gasteiger partial charge in [0.15, 0.2) is 0 Å². The van der Waals surface area contributed by atoms with E-state index in [1.165, 1.54) is 4.90 Å². The van der Waals surface area contributed by atoms with Gasteiger partial charge in [0.05, 0.1) is 6.54 Å². The van der Waals surface area contributed by atoms with Crippen LogP contribution in [0.1, 0.15) is 27.2 Å². The second kappa shape index (κ2) is 7.06. The van der Waals surface area contributed by atoms with E-state index in [2.05, 4.69) is 5.32 Å². The van der Waals surface area contributed by atoms with E-state index < -0.39 is 12.7 Å². The fraction of sp³-hybridized carbons (Fsp3) is 1.00. The molecule has 0 rings (SSSR count). The first-order chi connectivity index (χ1) is 6.89. The average Bonchev–Trinajstić information content (AvgIpc) is 2.11. The minimum absolute atomic E-state index is 0.275. The van der Waals surface area contributed by atoms with E-state index in [0.29, 0.717) is 13.1 Å². The van der Waals surface area contributed by atoms with Crippen LogP contribution in [-0.2, 0) is 0 Å². The monoisotopic (exact) mass is 226 g/mol. The molecule has 0 aromatic rings. The van der Waals surface area contributed by atoms with E-state index in [4.69, 9.17) is 0 Å². The van der Waals surface area contributed by atoms with Crippen molar-refractivity contribution in [3.05, 3.63) is 0 Å². The van der Waals surface area contributed by atoms with Crippen LogP contribution in [0.4, 0.5) is 13.2 Å². The number of nitrogens with zero attached hydrogens (tertiary/aromatic N) is 1. The predicted octanol–water partition coefficient (Wildman–Crippen LogP) is 2.26. The highest BCUT2D eigenvalue weighted by atomic mass is 19.4. The normalized spacial score (nSPS) is 14.6. The molecule has 0 aromatic carbocycles. The third-order valence-corrected chi connectivity index (χ3v) is 2.28. The maximum atomic E-state index is 12.1. The Bertz CT molecular complexity index is 159. The van der Waals surface area contributed by atoms with Crippen LogP contribution >= 0.6 is 0 Å². The third kappa shape index (κ3) is 8.69. The first-order valence-electron chi connectivity index (χ1n) is 5.41. The summed E-state index contributed by atoms with van der Waals surface area (Å²) in [6.07, 6.45) is -3.34. The number of rotatable bonds is 7. The zero-order valence-corrected chi connectivity index (χ0v) is 9.69. The summed E-state index contributed by atoms with van der Waals surface area (Å²) in [5.74, 6) is 0. The molecule has 0 amide bonds. The van der Waals surface area contributed by atoms with E-state index in [1.54, 1.807) is 6.92 Å². The Morgan fingerprint density at radius 2 is 1.87 bits per heavy atom. The van der Waals surface area contributed by atoms with E-state index in [1.807, 2.05) is 13.8 Å². The van der Waals surface area contributed by atoms with Gasteiger partial charge in [0.1, 0.15) is 0 Å². The maximum Gasteiger partial charge on any atom is 0.401 e. The Morgan fingerprint density at radius 3 is 2.27 bits per heavy atom. The summed E-state index contributed by atoms with van der Waals surface area (Å²) in [4.78, 5) is 1.42. The van der Waals surface area contributed by atoms with Gasteiger partial charge < -0.3 is 5.32 Å². The van der Waals surface area contributed by atoms with E-state index in [0.717, 1.165) is 13.0 Å². The summed E-state index contributed by atoms with van der Waals surface area (Å²) < 4.78 is 36.3. The number of halogens is 3. The first kappa shape index (κ1) is 14.7. The standard InChI is InChI=1S/C10H21F3N2/c1-4-14-9(3)6-7-15(5-2)8-10(11,12)13/h9,14H,4-8H2,1-3H3. The molecule has 0 radical (unpaired) electrons. The quantitative estimate of drug-likeness (QED) is 0.716. The third-order valence-electron chi connectivity index (χ3n) is 2.28. The maximum absolute atomic E-state index is 12.1. The molecular formula is C10H21F3N2. The van der Waals surface area contributed by atoms with E-state index in [-0.39, 0.29) is 6.04 Å². The van der Waals surface area contributed by atoms with Crippen LogP contribution in [-0.4, -0.2) is 43.3 Å². The molecule has 0 heterocycles. The van der Waals surface area contributed by atoms with Gasteiger partial charge in [-0.25, -0.2) is 0 Å². The topological polar surface area (TPSA) is 15.3 Å². The minimum atomic E-state index is -4.09. The highest BCUT2D eigenvalue weighted by molar-refractivity contribution is 4.66. The molecule has 1 unspecified atom stereocenters. The van der Waals surface area contributed by atoms with Crippen LogP contribution in [0, 0.1) is 0 Å². The van der Waals surface area contributed by atoms with Crippen LogP contribution in [0.25, 0.3) is 0 Å². The smallest absolute Gasteiger partial charge is 0.314 e. The Labute approximate surface area is 89.8 Å². The van der Waals surface area contributed by atoms with Crippen LogP contribution in [0.3, 0.4) is 0 Å². The van der Waals surface area contributed by atoms with Crippen molar-refractivity contribution < 1.29 is 13.2 Å². The van der Waals surface area contributed by atoms with Gasteiger partial charge >= 0.3 is 6.18 Å². The molecule has 0 aromatic heterocycles. The van der Waals surface area contributed by atoms with Crippen LogP contribution < -0.4 is 5.32 Å². The lowest BCUT2D eigenvalue weighted by Gasteiger charge is -2.23. The SMILES string of the molecule is CCNC(C)CCN(CC)CC(F)(F)F. The molecule has 5 heteroatoms. The van der Waals surface area contributed by atoms with Crippen molar-refractivity contribution in [2.45, 2.75) is 39.4 Å². The van der Waals surface area contributed by atoms with Gasteiger partial charge in [-0.15, -0.1) is 0 Å². The Hall–Kier alpha value is -0.290. The lowest BCUT2D eigenvalue weighted by atomic mass is 10.2. The van der Waals surface area contributed by atoms with Crippen LogP contribution in [0.5, 0.6) is 0 Å². The van der Waals surface area contributed by atoms with Crippen molar-refractivity contribution >= 4 is 0 Å². The molecule has 1 N–H and O–H groups in total. The van der Waals surface area contributed by atoms with Crippen molar-refractivity contribution in [1.29, 1.82) is 0 Å². The van der Waals surface area contributed by atoms with Gasteiger partial charge in [-0.1, -0.05) is 13.8 Å². The Kier molecular flexibility index (Phi) is 6.92. The van der Waals surface area contributed by atoms with Crippen LogP contribution in [0.2, 0.25) is 0 Å². The zero-order chi connectivity index (χ0) is 11.9.